The van der Waals surface area contributed by atoms with Gasteiger partial charge >= 0.3 is 0 Å². The molecule has 0 aliphatic carbocycles. The molecule has 2 heterocycles. The van der Waals surface area contributed by atoms with E-state index in [-0.39, 0.29) is 11.7 Å². The van der Waals surface area contributed by atoms with Crippen molar-refractivity contribution in [3.05, 3.63) is 60.2 Å². The average molecular weight is 314 g/mol. The molecule has 1 saturated heterocycles. The third-order valence-electron chi connectivity index (χ3n) is 4.07. The Labute approximate surface area is 134 Å². The Morgan fingerprint density at radius 3 is 2.83 bits per heavy atom. The molecule has 0 bridgehead atoms. The Morgan fingerprint density at radius 1 is 1.26 bits per heavy atom. The number of benzene rings is 1. The number of hydrogen-bond donors (Lipinski definition) is 0. The van der Waals surface area contributed by atoms with Crippen molar-refractivity contribution in [1.82, 2.24) is 9.88 Å². The first-order valence-electron chi connectivity index (χ1n) is 7.81. The van der Waals surface area contributed by atoms with Crippen LogP contribution in [-0.2, 0) is 0 Å². The van der Waals surface area contributed by atoms with Crippen LogP contribution in [-0.4, -0.2) is 35.5 Å². The Balaban J connectivity index is 1.45. The second-order valence-electron chi connectivity index (χ2n) is 5.71. The molecule has 1 unspecified atom stereocenters. The summed E-state index contributed by atoms with van der Waals surface area (Å²) in [6.07, 6.45) is 3.49. The van der Waals surface area contributed by atoms with Crippen LogP contribution in [0.25, 0.3) is 0 Å². The Kier molecular flexibility index (Phi) is 4.86. The molecule has 23 heavy (non-hydrogen) atoms. The number of amides is 1. The van der Waals surface area contributed by atoms with E-state index >= 15 is 0 Å². The first-order valence-corrected chi connectivity index (χ1v) is 7.81. The summed E-state index contributed by atoms with van der Waals surface area (Å²) >= 11 is 0. The highest BCUT2D eigenvalue weighted by Gasteiger charge is 2.27. The number of aromatic nitrogens is 1. The van der Waals surface area contributed by atoms with Crippen LogP contribution in [0.2, 0.25) is 0 Å². The number of likely N-dealkylation sites (tertiary alicyclic amines) is 1. The topological polar surface area (TPSA) is 42.4 Å². The molecule has 0 N–H and O–H groups in total. The molecule has 1 atom stereocenters. The van der Waals surface area contributed by atoms with Crippen LogP contribution < -0.4 is 4.74 Å². The van der Waals surface area contributed by atoms with Crippen LogP contribution in [0.5, 0.6) is 5.75 Å². The van der Waals surface area contributed by atoms with Crippen LogP contribution in [0, 0.1) is 11.7 Å². The number of halogens is 1. The third kappa shape index (κ3) is 4.06. The smallest absolute Gasteiger partial charge is 0.272 e. The van der Waals surface area contributed by atoms with Gasteiger partial charge in [-0.2, -0.15) is 0 Å². The molecular weight excluding hydrogens is 295 g/mol. The molecule has 1 aromatic heterocycles. The number of carbonyl (C=O) groups is 1. The minimum absolute atomic E-state index is 0.00690. The monoisotopic (exact) mass is 314 g/mol. The summed E-state index contributed by atoms with van der Waals surface area (Å²) in [5.41, 5.74) is 0.496. The normalized spacial score (nSPS) is 17.3. The highest BCUT2D eigenvalue weighted by molar-refractivity contribution is 5.92. The lowest BCUT2D eigenvalue weighted by Crippen LogP contribution is -2.29. The summed E-state index contributed by atoms with van der Waals surface area (Å²) in [7, 11) is 0. The van der Waals surface area contributed by atoms with Gasteiger partial charge in [-0.3, -0.25) is 9.78 Å². The number of carbonyl (C=O) groups excluding carboxylic acids is 1. The van der Waals surface area contributed by atoms with E-state index in [2.05, 4.69) is 4.98 Å². The molecule has 1 aliphatic rings. The quantitative estimate of drug-likeness (QED) is 0.851. The summed E-state index contributed by atoms with van der Waals surface area (Å²) < 4.78 is 18.4. The molecule has 1 aromatic carbocycles. The van der Waals surface area contributed by atoms with Gasteiger partial charge in [-0.1, -0.05) is 6.07 Å². The van der Waals surface area contributed by atoms with Crippen LogP contribution in [0.15, 0.2) is 48.7 Å². The number of hydrogen-bond acceptors (Lipinski definition) is 3. The molecule has 0 spiro atoms. The van der Waals surface area contributed by atoms with Gasteiger partial charge < -0.3 is 9.64 Å². The average Bonchev–Trinajstić information content (AvgIpc) is 3.06. The second kappa shape index (κ2) is 7.22. The second-order valence-corrected chi connectivity index (χ2v) is 5.71. The maximum atomic E-state index is 12.8. The fraction of sp³-hybridized carbons (Fsp3) is 0.333. The maximum Gasteiger partial charge on any atom is 0.272 e. The van der Waals surface area contributed by atoms with E-state index in [4.69, 9.17) is 4.74 Å². The Hall–Kier alpha value is -2.43. The van der Waals surface area contributed by atoms with E-state index in [1.165, 1.54) is 12.1 Å². The third-order valence-corrected chi connectivity index (χ3v) is 4.07. The van der Waals surface area contributed by atoms with Crippen molar-refractivity contribution in [2.24, 2.45) is 5.92 Å². The van der Waals surface area contributed by atoms with Crippen molar-refractivity contribution in [1.29, 1.82) is 0 Å². The molecule has 4 nitrogen and oxygen atoms in total. The number of nitrogens with zero attached hydrogens (tertiary/aromatic N) is 2. The molecule has 1 amide bonds. The molecular formula is C18H19FN2O2. The summed E-state index contributed by atoms with van der Waals surface area (Å²) in [6, 6.07) is 11.4. The van der Waals surface area contributed by atoms with Crippen molar-refractivity contribution >= 4 is 5.91 Å². The molecule has 1 aliphatic heterocycles. The minimum atomic E-state index is -0.267. The van der Waals surface area contributed by atoms with E-state index in [9.17, 15) is 9.18 Å². The van der Waals surface area contributed by atoms with Crippen molar-refractivity contribution in [2.75, 3.05) is 19.7 Å². The molecule has 3 rings (SSSR count). The van der Waals surface area contributed by atoms with Crippen LogP contribution >= 0.6 is 0 Å². The van der Waals surface area contributed by atoms with Gasteiger partial charge in [0.1, 0.15) is 17.3 Å². The standard InChI is InChI=1S/C18H19FN2O2/c19-15-4-6-16(7-5-15)23-12-9-14-8-11-21(13-14)18(22)17-3-1-2-10-20-17/h1-7,10,14H,8-9,11-13H2. The summed E-state index contributed by atoms with van der Waals surface area (Å²) in [5.74, 6) is 0.832. The molecule has 5 heteroatoms. The van der Waals surface area contributed by atoms with Gasteiger partial charge in [-0.15, -0.1) is 0 Å². The highest BCUT2D eigenvalue weighted by atomic mass is 19.1. The van der Waals surface area contributed by atoms with Gasteiger partial charge in [0.25, 0.3) is 5.91 Å². The Morgan fingerprint density at radius 2 is 2.09 bits per heavy atom. The maximum absolute atomic E-state index is 12.8. The molecule has 2 aromatic rings. The van der Waals surface area contributed by atoms with Gasteiger partial charge in [0.2, 0.25) is 0 Å². The highest BCUT2D eigenvalue weighted by Crippen LogP contribution is 2.21. The van der Waals surface area contributed by atoms with Gasteiger partial charge in [0.15, 0.2) is 0 Å². The van der Waals surface area contributed by atoms with E-state index in [1.807, 2.05) is 11.0 Å². The van der Waals surface area contributed by atoms with Gasteiger partial charge in [0, 0.05) is 19.3 Å². The first kappa shape index (κ1) is 15.5. The van der Waals surface area contributed by atoms with E-state index in [1.54, 1.807) is 30.5 Å². The van der Waals surface area contributed by atoms with Gasteiger partial charge in [0.05, 0.1) is 6.61 Å². The van der Waals surface area contributed by atoms with Crippen molar-refractivity contribution in [3.8, 4) is 5.75 Å². The van der Waals surface area contributed by atoms with Gasteiger partial charge in [-0.05, 0) is 55.2 Å². The number of rotatable bonds is 5. The van der Waals surface area contributed by atoms with Crippen LogP contribution in [0.1, 0.15) is 23.3 Å². The van der Waals surface area contributed by atoms with Crippen molar-refractivity contribution in [3.63, 3.8) is 0 Å². The summed E-state index contributed by atoms with van der Waals surface area (Å²) in [6.45, 7) is 2.07. The zero-order valence-corrected chi connectivity index (χ0v) is 12.8. The summed E-state index contributed by atoms with van der Waals surface area (Å²) in [5, 5.41) is 0. The molecule has 0 saturated carbocycles. The largest absolute Gasteiger partial charge is 0.494 e. The van der Waals surface area contributed by atoms with Crippen molar-refractivity contribution in [2.45, 2.75) is 12.8 Å². The fourth-order valence-electron chi connectivity index (χ4n) is 2.78. The molecule has 120 valence electrons. The van der Waals surface area contributed by atoms with E-state index in [0.29, 0.717) is 24.0 Å². The number of pyridine rings is 1. The van der Waals surface area contributed by atoms with E-state index in [0.717, 1.165) is 25.9 Å². The molecule has 1 fully saturated rings. The lowest BCUT2D eigenvalue weighted by molar-refractivity contribution is 0.0779. The first-order chi connectivity index (χ1) is 11.2. The van der Waals surface area contributed by atoms with Crippen molar-refractivity contribution < 1.29 is 13.9 Å². The zero-order valence-electron chi connectivity index (χ0n) is 12.8. The van der Waals surface area contributed by atoms with Crippen LogP contribution in [0.3, 0.4) is 0 Å². The number of ether oxygens (including phenoxy) is 1. The summed E-state index contributed by atoms with van der Waals surface area (Å²) in [4.78, 5) is 18.3. The lowest BCUT2D eigenvalue weighted by atomic mass is 10.1. The fourth-order valence-corrected chi connectivity index (χ4v) is 2.78. The van der Waals surface area contributed by atoms with Crippen LogP contribution in [0.4, 0.5) is 4.39 Å². The lowest BCUT2D eigenvalue weighted by Gasteiger charge is -2.16. The zero-order chi connectivity index (χ0) is 16.1. The molecule has 0 radical (unpaired) electrons. The minimum Gasteiger partial charge on any atom is -0.494 e. The predicted octanol–water partition coefficient (Wildman–Crippen LogP) is 3.15. The Bertz CT molecular complexity index is 646. The van der Waals surface area contributed by atoms with Gasteiger partial charge in [-0.25, -0.2) is 4.39 Å². The SMILES string of the molecule is O=C(c1ccccn1)N1CCC(CCOc2ccc(F)cc2)C1. The van der Waals surface area contributed by atoms with E-state index < -0.39 is 0 Å². The predicted molar refractivity (Wildman–Crippen MR) is 84.8 cm³/mol.